The van der Waals surface area contributed by atoms with Crippen LogP contribution in [0, 0.1) is 16.7 Å². The number of aromatic nitrogens is 5. The van der Waals surface area contributed by atoms with Gasteiger partial charge in [0.2, 0.25) is 53.2 Å². The first-order valence-corrected chi connectivity index (χ1v) is 40.1. The molecule has 6 aromatic carbocycles. The summed E-state index contributed by atoms with van der Waals surface area (Å²) in [5, 5.41) is 56.6. The summed E-state index contributed by atoms with van der Waals surface area (Å²) in [4.78, 5) is 169. The summed E-state index contributed by atoms with van der Waals surface area (Å²) in [5.41, 5.74) is 1.39. The lowest BCUT2D eigenvalue weighted by Crippen LogP contribution is -2.61. The standard InChI is InChI=1S/C87H106N16O15/c1-50(88-9)75(104)95-73(86(3,4)5)82(111)101-45-63-41-71(101)79(108)91-67(39-54-19-25-56-15-11-13-17-59(56)35-54)77(106)93-69(81(110)99-33-31-58(32-34-99)84(113)114)37-52-21-27-66(28-22-52)118-48-62-44-103(98-97-62)64-42-72(102(46-64)83(112)74(87(6,7)8)96-76(105)51(2)89-10)80(109)92-68(40-55-20-26-57-16-12-14-18-60(57)36-55)78(107)94-70(85(115)116)38-53-23-29-65(30-24-53)117-47-61-43-100(63)49-90-61/h11-30,35-36,43-44,49-51,58,63-64,67-74,88-89H,31-34,37-42,45-48H2,1-10H3,(H,91,108)(H,92,109)(H,93,106)(H,94,107)(H,95,104)(H,96,105)(H,113,114)(H,115,116)/t50-,51-,63-,64-,67-,68-,69-,70-,71-,72-,73+,74+/m0/s1. The monoisotopic (exact) mass is 1610 g/mol. The van der Waals surface area contributed by atoms with Crippen molar-refractivity contribution in [1.29, 1.82) is 0 Å². The number of carboxylic acid groups (broad SMARTS) is 2. The van der Waals surface area contributed by atoms with Crippen LogP contribution in [0.4, 0.5) is 0 Å². The Labute approximate surface area is 684 Å². The Morgan fingerprint density at radius 1 is 0.534 bits per heavy atom. The summed E-state index contributed by atoms with van der Waals surface area (Å²) in [6.07, 6.45) is 4.80. The lowest BCUT2D eigenvalue weighted by Gasteiger charge is -2.36. The molecule has 0 spiro atoms. The second kappa shape index (κ2) is 37.0. The number of hydrogen-bond acceptors (Lipinski definition) is 18. The van der Waals surface area contributed by atoms with Crippen molar-refractivity contribution < 1.29 is 72.4 Å². The van der Waals surface area contributed by atoms with Crippen molar-refractivity contribution in [3.63, 3.8) is 0 Å². The number of piperidine rings is 1. The Balaban J connectivity index is 0.893. The maximum atomic E-state index is 15.6. The third-order valence-electron chi connectivity index (χ3n) is 22.8. The SMILES string of the molecule is CN[C@@H](C)C(=O)N[C@H](C(=O)N1C[C@@H]2C[C@H]1C(=O)N[C@@H](Cc1ccc3ccccc3c1)C(=O)N[C@H](C(=O)O)Cc1ccc(cc1)OCc1cn(cn1)[C@H]1C[C@@H](C(=O)N[C@@H](Cc3ccc4ccccc4c3)C(=O)N[C@H](C(=O)N3CCC(C(=O)O)CC3)Cc3ccc(cc3)OCc3cn2nn3)N(C(=O)[C@@H](NC(=O)[C@H](C)NC)C(C)(C)C)C1)C(C)(C)C. The molecule has 8 aromatic rings. The Bertz CT molecular complexity index is 5010. The molecule has 31 heteroatoms. The van der Waals surface area contributed by atoms with Crippen molar-refractivity contribution in [3.05, 3.63) is 186 Å². The van der Waals surface area contributed by atoms with Crippen molar-refractivity contribution >= 4 is 86.6 Å². The molecular formula is C87H106N16O15. The average Bonchev–Trinajstić information content (AvgIpc) is 1.63. The summed E-state index contributed by atoms with van der Waals surface area (Å²) < 4.78 is 15.8. The van der Waals surface area contributed by atoms with E-state index in [1.54, 1.807) is 141 Å². The lowest BCUT2D eigenvalue weighted by atomic mass is 9.85. The van der Waals surface area contributed by atoms with Gasteiger partial charge in [-0.2, -0.15) is 0 Å². The molecule has 15 rings (SSSR count). The number of likely N-dealkylation sites (tertiary alicyclic amines) is 3. The quantitative estimate of drug-likeness (QED) is 0.0635. The number of benzene rings is 6. The fraction of sp³-hybridized carbons (Fsp3) is 0.448. The van der Waals surface area contributed by atoms with Crippen LogP contribution in [0.25, 0.3) is 21.5 Å². The number of carbonyl (C=O) groups excluding carboxylic acids is 9. The summed E-state index contributed by atoms with van der Waals surface area (Å²) >= 11 is 0. The van der Waals surface area contributed by atoms with Gasteiger partial charge >= 0.3 is 11.9 Å². The van der Waals surface area contributed by atoms with Crippen LogP contribution < -0.4 is 52.0 Å². The summed E-state index contributed by atoms with van der Waals surface area (Å²) in [6.45, 7) is 13.9. The smallest absolute Gasteiger partial charge is 0.326 e. The van der Waals surface area contributed by atoms with Crippen LogP contribution in [0.3, 0.4) is 0 Å². The van der Waals surface area contributed by atoms with Crippen LogP contribution in [0.15, 0.2) is 152 Å². The molecule has 7 aliphatic heterocycles. The predicted molar refractivity (Wildman–Crippen MR) is 437 cm³/mol. The first kappa shape index (κ1) is 85.3. The number of nitrogens with zero attached hydrogens (tertiary/aromatic N) is 8. The number of carboxylic acids is 2. The highest BCUT2D eigenvalue weighted by Crippen LogP contribution is 2.35. The average molecular weight is 1620 g/mol. The van der Waals surface area contributed by atoms with Crippen LogP contribution in [-0.2, 0) is 91.6 Å². The van der Waals surface area contributed by atoms with Crippen molar-refractivity contribution in [3.8, 4) is 11.5 Å². The molecule has 9 heterocycles. The molecule has 118 heavy (non-hydrogen) atoms. The second-order valence-corrected chi connectivity index (χ2v) is 33.5. The van der Waals surface area contributed by atoms with Crippen LogP contribution in [0.2, 0.25) is 0 Å². The summed E-state index contributed by atoms with van der Waals surface area (Å²) in [5.74, 6) is -7.78. The Morgan fingerprint density at radius 3 is 1.45 bits per heavy atom. The minimum atomic E-state index is -1.52. The minimum Gasteiger partial charge on any atom is -0.487 e. The van der Waals surface area contributed by atoms with Gasteiger partial charge in [0, 0.05) is 64.5 Å². The van der Waals surface area contributed by atoms with Gasteiger partial charge in [-0.15, -0.1) is 5.10 Å². The highest BCUT2D eigenvalue weighted by Gasteiger charge is 2.49. The van der Waals surface area contributed by atoms with E-state index < -0.39 is 154 Å². The number of likely N-dealkylation sites (N-methyl/N-ethyl adjacent to an activating group) is 2. The van der Waals surface area contributed by atoms with E-state index in [9.17, 15) is 34.2 Å². The summed E-state index contributed by atoms with van der Waals surface area (Å²) in [6, 6.07) is 26.8. The molecule has 0 aliphatic carbocycles. The van der Waals surface area contributed by atoms with Gasteiger partial charge in [0.05, 0.1) is 48.3 Å². The first-order valence-electron chi connectivity index (χ1n) is 40.1. The van der Waals surface area contributed by atoms with Gasteiger partial charge in [-0.3, -0.25) is 47.9 Å². The Morgan fingerprint density at radius 2 is 0.983 bits per heavy atom. The van der Waals surface area contributed by atoms with Gasteiger partial charge < -0.3 is 81.5 Å². The van der Waals surface area contributed by atoms with E-state index >= 15 is 28.8 Å². The van der Waals surface area contributed by atoms with Crippen molar-refractivity contribution in [2.24, 2.45) is 16.7 Å². The molecule has 12 atom stereocenters. The summed E-state index contributed by atoms with van der Waals surface area (Å²) in [7, 11) is 3.23. The largest absolute Gasteiger partial charge is 0.487 e. The van der Waals surface area contributed by atoms with Crippen molar-refractivity contribution in [2.75, 3.05) is 40.3 Å². The number of fused-ring (bicyclic) bond motifs is 2. The molecule has 10 N–H and O–H groups in total. The number of rotatable bonds is 15. The first-order chi connectivity index (χ1) is 56.3. The highest BCUT2D eigenvalue weighted by molar-refractivity contribution is 5.99. The number of imidazole rings is 1. The zero-order valence-electron chi connectivity index (χ0n) is 68.1. The molecule has 9 amide bonds. The molecule has 7 aliphatic rings. The molecule has 31 nitrogen and oxygen atoms in total. The number of hydrogen-bond donors (Lipinski definition) is 10. The van der Waals surface area contributed by atoms with Gasteiger partial charge in [0.1, 0.15) is 78.7 Å². The van der Waals surface area contributed by atoms with Gasteiger partial charge in [-0.05, 0) is 126 Å². The molecule has 3 saturated heterocycles. The van der Waals surface area contributed by atoms with E-state index in [0.717, 1.165) is 21.5 Å². The predicted octanol–water partition coefficient (Wildman–Crippen LogP) is 5.13. The van der Waals surface area contributed by atoms with Crippen LogP contribution in [0.5, 0.6) is 11.5 Å². The van der Waals surface area contributed by atoms with Gasteiger partial charge in [-0.1, -0.05) is 156 Å². The van der Waals surface area contributed by atoms with Crippen LogP contribution in [0.1, 0.15) is 127 Å². The number of amides is 9. The fourth-order valence-electron chi connectivity index (χ4n) is 15.6. The zero-order chi connectivity index (χ0) is 84.4. The molecule has 2 aromatic heterocycles. The van der Waals surface area contributed by atoms with E-state index in [-0.39, 0.29) is 90.8 Å². The molecule has 3 fully saturated rings. The lowest BCUT2D eigenvalue weighted by molar-refractivity contribution is -0.146. The van der Waals surface area contributed by atoms with E-state index in [2.05, 4.69) is 57.8 Å². The molecule has 624 valence electrons. The minimum absolute atomic E-state index is 0.0167. The number of aliphatic carboxylic acids is 2. The number of nitrogens with one attached hydrogen (secondary N) is 8. The molecule has 0 unspecified atom stereocenters. The highest BCUT2D eigenvalue weighted by atomic mass is 16.5. The Hall–Kier alpha value is -12.1. The second-order valence-electron chi connectivity index (χ2n) is 33.5. The number of carbonyl (C=O) groups is 11. The van der Waals surface area contributed by atoms with Crippen LogP contribution in [-0.4, -0.2) is 215 Å². The maximum Gasteiger partial charge on any atom is 0.326 e. The van der Waals surface area contributed by atoms with Gasteiger partial charge in [0.15, 0.2) is 0 Å². The molecule has 12 bridgehead atoms. The van der Waals surface area contributed by atoms with Gasteiger partial charge in [0.25, 0.3) is 0 Å². The topological polar surface area (TPSA) is 401 Å². The van der Waals surface area contributed by atoms with E-state index in [0.29, 0.717) is 45.1 Å². The maximum absolute atomic E-state index is 15.6. The zero-order valence-corrected chi connectivity index (χ0v) is 68.1. The normalized spacial score (nSPS) is 21.9. The van der Waals surface area contributed by atoms with Gasteiger partial charge in [-0.25, -0.2) is 14.5 Å². The molecule has 0 radical (unpaired) electrons. The molecular weight excluding hydrogens is 1510 g/mol. The Kier molecular flexibility index (Phi) is 26.7. The van der Waals surface area contributed by atoms with Crippen molar-refractivity contribution in [1.82, 2.24) is 81.8 Å². The van der Waals surface area contributed by atoms with E-state index in [4.69, 9.17) is 9.47 Å². The fourth-order valence-corrected chi connectivity index (χ4v) is 15.6. The van der Waals surface area contributed by atoms with Crippen molar-refractivity contribution in [2.45, 2.75) is 192 Å². The molecule has 0 saturated carbocycles. The van der Waals surface area contributed by atoms with E-state index in [1.807, 2.05) is 84.9 Å². The number of ether oxygens (including phenoxy) is 2. The third kappa shape index (κ3) is 20.8. The van der Waals surface area contributed by atoms with Crippen LogP contribution >= 0.6 is 0 Å². The third-order valence-corrected chi connectivity index (χ3v) is 22.8. The van der Waals surface area contributed by atoms with E-state index in [1.165, 1.54) is 19.4 Å².